The van der Waals surface area contributed by atoms with Crippen molar-refractivity contribution in [2.75, 3.05) is 12.0 Å². The number of benzene rings is 1. The fourth-order valence-corrected chi connectivity index (χ4v) is 2.46. The van der Waals surface area contributed by atoms with E-state index in [0.717, 1.165) is 5.02 Å². The molecule has 3 heteroatoms. The van der Waals surface area contributed by atoms with E-state index in [0.29, 0.717) is 12.1 Å². The molecule has 0 heterocycles. The van der Waals surface area contributed by atoms with Gasteiger partial charge in [0.2, 0.25) is 0 Å². The van der Waals surface area contributed by atoms with Gasteiger partial charge in [-0.3, -0.25) is 0 Å². The fraction of sp³-hybridized carbons (Fsp3) is 0.538. The summed E-state index contributed by atoms with van der Waals surface area (Å²) < 4.78 is 0. The monoisotopic (exact) mass is 257 g/mol. The number of hydrogen-bond donors (Lipinski definition) is 1. The van der Waals surface area contributed by atoms with Gasteiger partial charge in [0.05, 0.1) is 0 Å². The zero-order chi connectivity index (χ0) is 12.0. The van der Waals surface area contributed by atoms with Crippen LogP contribution in [0.5, 0.6) is 0 Å². The Hall–Kier alpha value is -0.180. The Balaban J connectivity index is 2.48. The predicted molar refractivity (Wildman–Crippen MR) is 75.5 cm³/mol. The fourth-order valence-electron chi connectivity index (χ4n) is 1.68. The highest BCUT2D eigenvalue weighted by Crippen LogP contribution is 2.18. The first-order valence-corrected chi connectivity index (χ1v) is 7.41. The third-order valence-electron chi connectivity index (χ3n) is 2.64. The summed E-state index contributed by atoms with van der Waals surface area (Å²) in [4.78, 5) is 0. The van der Waals surface area contributed by atoms with Crippen LogP contribution in [0.25, 0.3) is 0 Å². The number of nitrogens with one attached hydrogen (secondary N) is 1. The Bertz CT molecular complexity index is 317. The minimum Gasteiger partial charge on any atom is -0.308 e. The van der Waals surface area contributed by atoms with Gasteiger partial charge in [-0.05, 0) is 50.0 Å². The lowest BCUT2D eigenvalue weighted by Crippen LogP contribution is -2.29. The van der Waals surface area contributed by atoms with E-state index in [1.54, 1.807) is 0 Å². The van der Waals surface area contributed by atoms with E-state index in [1.165, 1.54) is 17.7 Å². The van der Waals surface area contributed by atoms with Crippen molar-refractivity contribution < 1.29 is 0 Å². The summed E-state index contributed by atoms with van der Waals surface area (Å²) >= 11 is 7.87. The van der Waals surface area contributed by atoms with E-state index in [2.05, 4.69) is 31.5 Å². The maximum Gasteiger partial charge on any atom is 0.0409 e. The van der Waals surface area contributed by atoms with Gasteiger partial charge in [-0.15, -0.1) is 0 Å². The predicted octanol–water partition coefficient (Wildman–Crippen LogP) is 4.13. The second-order valence-electron chi connectivity index (χ2n) is 4.13. The van der Waals surface area contributed by atoms with E-state index >= 15 is 0 Å². The normalized spacial score (nSPS) is 14.8. The van der Waals surface area contributed by atoms with Gasteiger partial charge in [-0.25, -0.2) is 0 Å². The molecule has 0 saturated heterocycles. The van der Waals surface area contributed by atoms with Gasteiger partial charge in [0.25, 0.3) is 0 Å². The van der Waals surface area contributed by atoms with Crippen molar-refractivity contribution in [3.63, 3.8) is 0 Å². The first kappa shape index (κ1) is 13.9. The molecule has 1 nitrogen and oxygen atoms in total. The summed E-state index contributed by atoms with van der Waals surface area (Å²) in [5, 5.41) is 4.39. The van der Waals surface area contributed by atoms with Gasteiger partial charge >= 0.3 is 0 Å². The molecule has 1 aromatic rings. The van der Waals surface area contributed by atoms with E-state index in [4.69, 9.17) is 11.6 Å². The topological polar surface area (TPSA) is 12.0 Å². The highest BCUT2D eigenvalue weighted by atomic mass is 35.5. The number of rotatable bonds is 6. The Morgan fingerprint density at radius 3 is 2.75 bits per heavy atom. The number of thioether (sulfide) groups is 1. The molecule has 0 saturated carbocycles. The molecule has 0 aliphatic carbocycles. The Morgan fingerprint density at radius 2 is 2.12 bits per heavy atom. The molecule has 0 aliphatic rings. The van der Waals surface area contributed by atoms with Gasteiger partial charge in [-0.1, -0.05) is 23.7 Å². The van der Waals surface area contributed by atoms with Crippen molar-refractivity contribution in [1.29, 1.82) is 0 Å². The Kier molecular flexibility index (Phi) is 6.25. The average molecular weight is 258 g/mol. The van der Waals surface area contributed by atoms with Crippen molar-refractivity contribution in [3.05, 3.63) is 34.9 Å². The van der Waals surface area contributed by atoms with E-state index in [1.807, 2.05) is 30.0 Å². The van der Waals surface area contributed by atoms with Crippen molar-refractivity contribution in [3.8, 4) is 0 Å². The lowest BCUT2D eigenvalue weighted by Gasteiger charge is -2.20. The molecular weight excluding hydrogens is 238 g/mol. The van der Waals surface area contributed by atoms with Crippen LogP contribution < -0.4 is 5.32 Å². The Morgan fingerprint density at radius 1 is 1.38 bits per heavy atom. The molecule has 0 aromatic heterocycles. The SMILES string of the molecule is CSCCC(C)NC(C)c1cccc(Cl)c1. The average Bonchev–Trinajstić information content (AvgIpc) is 2.26. The van der Waals surface area contributed by atoms with Gasteiger partial charge in [-0.2, -0.15) is 11.8 Å². The molecule has 0 aliphatic heterocycles. The molecular formula is C13H20ClNS. The van der Waals surface area contributed by atoms with E-state index in [9.17, 15) is 0 Å². The summed E-state index contributed by atoms with van der Waals surface area (Å²) in [6.45, 7) is 4.42. The smallest absolute Gasteiger partial charge is 0.0409 e. The first-order valence-electron chi connectivity index (χ1n) is 5.64. The zero-order valence-electron chi connectivity index (χ0n) is 10.2. The van der Waals surface area contributed by atoms with Gasteiger partial charge in [0.15, 0.2) is 0 Å². The minimum absolute atomic E-state index is 0.357. The van der Waals surface area contributed by atoms with Gasteiger partial charge in [0.1, 0.15) is 0 Å². The third-order valence-corrected chi connectivity index (χ3v) is 3.52. The van der Waals surface area contributed by atoms with Crippen LogP contribution in [0, 0.1) is 0 Å². The highest BCUT2D eigenvalue weighted by Gasteiger charge is 2.09. The quantitative estimate of drug-likeness (QED) is 0.822. The third kappa shape index (κ3) is 4.77. The summed E-state index contributed by atoms with van der Waals surface area (Å²) in [5.41, 5.74) is 1.25. The molecule has 0 radical (unpaired) electrons. The maximum atomic E-state index is 5.98. The molecule has 16 heavy (non-hydrogen) atoms. The van der Waals surface area contributed by atoms with Crippen LogP contribution in [0.3, 0.4) is 0 Å². The van der Waals surface area contributed by atoms with Crippen molar-refractivity contribution in [1.82, 2.24) is 5.32 Å². The zero-order valence-corrected chi connectivity index (χ0v) is 11.7. The second-order valence-corrected chi connectivity index (χ2v) is 5.55. The standard InChI is InChI=1S/C13H20ClNS/c1-10(7-8-16-3)15-11(2)12-5-4-6-13(14)9-12/h4-6,9-11,15H,7-8H2,1-3H3. The molecule has 1 rings (SSSR count). The number of hydrogen-bond acceptors (Lipinski definition) is 2. The molecule has 1 N–H and O–H groups in total. The van der Waals surface area contributed by atoms with Gasteiger partial charge < -0.3 is 5.32 Å². The van der Waals surface area contributed by atoms with Crippen LogP contribution in [0.2, 0.25) is 5.02 Å². The molecule has 0 amide bonds. The van der Waals surface area contributed by atoms with E-state index < -0.39 is 0 Å². The minimum atomic E-state index is 0.357. The largest absolute Gasteiger partial charge is 0.308 e. The van der Waals surface area contributed by atoms with E-state index in [-0.39, 0.29) is 0 Å². The highest BCUT2D eigenvalue weighted by molar-refractivity contribution is 7.98. The second kappa shape index (κ2) is 7.21. The number of halogens is 1. The first-order chi connectivity index (χ1) is 7.63. The van der Waals surface area contributed by atoms with Crippen molar-refractivity contribution >= 4 is 23.4 Å². The maximum absolute atomic E-state index is 5.98. The lowest BCUT2D eigenvalue weighted by atomic mass is 10.1. The van der Waals surface area contributed by atoms with Crippen LogP contribution in [0.1, 0.15) is 31.9 Å². The summed E-state index contributed by atoms with van der Waals surface area (Å²) in [5.74, 6) is 1.20. The van der Waals surface area contributed by atoms with Crippen LogP contribution in [0.15, 0.2) is 24.3 Å². The molecule has 2 atom stereocenters. The van der Waals surface area contributed by atoms with Crippen molar-refractivity contribution in [2.45, 2.75) is 32.4 Å². The molecule has 0 spiro atoms. The molecule has 0 bridgehead atoms. The van der Waals surface area contributed by atoms with Crippen LogP contribution in [0.4, 0.5) is 0 Å². The molecule has 90 valence electrons. The lowest BCUT2D eigenvalue weighted by molar-refractivity contribution is 0.472. The molecule has 2 unspecified atom stereocenters. The molecule has 0 fully saturated rings. The summed E-state index contributed by atoms with van der Waals surface area (Å²) in [6.07, 6.45) is 3.35. The van der Waals surface area contributed by atoms with Crippen LogP contribution in [-0.4, -0.2) is 18.1 Å². The molecule has 1 aromatic carbocycles. The van der Waals surface area contributed by atoms with Crippen LogP contribution >= 0.6 is 23.4 Å². The summed E-state index contributed by atoms with van der Waals surface area (Å²) in [6, 6.07) is 8.96. The van der Waals surface area contributed by atoms with Gasteiger partial charge in [0, 0.05) is 17.1 Å². The van der Waals surface area contributed by atoms with Crippen LogP contribution in [-0.2, 0) is 0 Å². The summed E-state index contributed by atoms with van der Waals surface area (Å²) in [7, 11) is 0. The van der Waals surface area contributed by atoms with Crippen molar-refractivity contribution in [2.24, 2.45) is 0 Å². The Labute approximate surface area is 108 Å².